The molecule has 0 aliphatic carbocycles. The van der Waals surface area contributed by atoms with Crippen molar-refractivity contribution in [1.82, 2.24) is 9.99 Å². The first-order valence-electron chi connectivity index (χ1n) is 6.80. The summed E-state index contributed by atoms with van der Waals surface area (Å²) in [5.41, 5.74) is 10.5. The van der Waals surface area contributed by atoms with E-state index in [1.807, 2.05) is 18.2 Å². The summed E-state index contributed by atoms with van der Waals surface area (Å²) in [5, 5.41) is 6.19. The number of rotatable bonds is 3. The Morgan fingerprint density at radius 3 is 2.76 bits per heavy atom. The molecule has 0 aliphatic heterocycles. The summed E-state index contributed by atoms with van der Waals surface area (Å²) >= 11 is 0. The average molecular weight is 280 g/mol. The van der Waals surface area contributed by atoms with Gasteiger partial charge in [0, 0.05) is 28.4 Å². The van der Waals surface area contributed by atoms with Crippen molar-refractivity contribution in [3.05, 3.63) is 48.0 Å². The number of aromatic nitrogens is 1. The van der Waals surface area contributed by atoms with Crippen molar-refractivity contribution >= 4 is 34.1 Å². The van der Waals surface area contributed by atoms with E-state index in [4.69, 9.17) is 5.73 Å². The number of urea groups is 1. The van der Waals surface area contributed by atoms with Crippen molar-refractivity contribution in [2.24, 2.45) is 10.8 Å². The molecule has 106 valence electrons. The van der Waals surface area contributed by atoms with E-state index in [1.54, 1.807) is 6.21 Å². The molecular formula is C16H16N4O. The fourth-order valence-corrected chi connectivity index (χ4v) is 2.66. The zero-order chi connectivity index (χ0) is 14.8. The summed E-state index contributed by atoms with van der Waals surface area (Å²) in [6.07, 6.45) is 1.59. The number of amides is 2. The third kappa shape index (κ3) is 2.33. The number of benzene rings is 2. The Balaban J connectivity index is 2.15. The van der Waals surface area contributed by atoms with Crippen molar-refractivity contribution in [1.29, 1.82) is 0 Å². The molecule has 3 rings (SSSR count). The molecule has 2 aromatic carbocycles. The van der Waals surface area contributed by atoms with Crippen LogP contribution in [0, 0.1) is 0 Å². The maximum Gasteiger partial charge on any atom is 0.332 e. The highest BCUT2D eigenvalue weighted by molar-refractivity contribution is 6.09. The molecule has 1 heterocycles. The molecule has 5 heteroatoms. The second-order valence-electron chi connectivity index (χ2n) is 4.77. The van der Waals surface area contributed by atoms with E-state index in [0.717, 1.165) is 12.1 Å². The fraction of sp³-hybridized carbons (Fsp3) is 0.125. The number of hydrazone groups is 1. The van der Waals surface area contributed by atoms with Crippen molar-refractivity contribution in [3.63, 3.8) is 0 Å². The molecule has 0 aliphatic rings. The standard InChI is InChI=1S/C16H16N4O/c1-2-20-14-6-4-3-5-12(14)13-9-11(7-8-15(13)20)10-18-19-16(17)21/h3-10H,2H2,1H3,(H3,17,19,21). The summed E-state index contributed by atoms with van der Waals surface area (Å²) in [7, 11) is 0. The van der Waals surface area contributed by atoms with Crippen LogP contribution in [0.4, 0.5) is 4.79 Å². The number of nitrogens with zero attached hydrogens (tertiary/aromatic N) is 2. The van der Waals surface area contributed by atoms with Gasteiger partial charge in [-0.05, 0) is 30.7 Å². The highest BCUT2D eigenvalue weighted by Crippen LogP contribution is 2.29. The van der Waals surface area contributed by atoms with E-state index in [-0.39, 0.29) is 0 Å². The lowest BCUT2D eigenvalue weighted by Crippen LogP contribution is -2.24. The van der Waals surface area contributed by atoms with Gasteiger partial charge in [-0.3, -0.25) is 0 Å². The van der Waals surface area contributed by atoms with Gasteiger partial charge in [-0.1, -0.05) is 24.3 Å². The maximum atomic E-state index is 10.6. The normalized spacial score (nSPS) is 11.5. The first-order chi connectivity index (χ1) is 10.2. The molecule has 1 aromatic heterocycles. The number of hydrogen-bond acceptors (Lipinski definition) is 2. The number of carbonyl (C=O) groups is 1. The predicted molar refractivity (Wildman–Crippen MR) is 85.4 cm³/mol. The SMILES string of the molecule is CCn1c2ccccc2c2cc(C=NNC(N)=O)ccc21. The molecule has 21 heavy (non-hydrogen) atoms. The van der Waals surface area contributed by atoms with Crippen molar-refractivity contribution < 1.29 is 4.79 Å². The van der Waals surface area contributed by atoms with E-state index >= 15 is 0 Å². The van der Waals surface area contributed by atoms with E-state index < -0.39 is 6.03 Å². The van der Waals surface area contributed by atoms with Gasteiger partial charge >= 0.3 is 6.03 Å². The van der Waals surface area contributed by atoms with Gasteiger partial charge in [0.15, 0.2) is 0 Å². The van der Waals surface area contributed by atoms with Crippen LogP contribution in [0.25, 0.3) is 21.8 Å². The largest absolute Gasteiger partial charge is 0.350 e. The van der Waals surface area contributed by atoms with Gasteiger partial charge in [-0.15, -0.1) is 0 Å². The number of fused-ring (bicyclic) bond motifs is 3. The molecular weight excluding hydrogens is 264 g/mol. The van der Waals surface area contributed by atoms with Gasteiger partial charge < -0.3 is 10.3 Å². The minimum atomic E-state index is -0.671. The summed E-state index contributed by atoms with van der Waals surface area (Å²) in [5.74, 6) is 0. The zero-order valence-corrected chi connectivity index (χ0v) is 11.7. The van der Waals surface area contributed by atoms with Crippen LogP contribution >= 0.6 is 0 Å². The molecule has 0 fully saturated rings. The molecule has 0 saturated carbocycles. The van der Waals surface area contributed by atoms with Crippen molar-refractivity contribution in [2.45, 2.75) is 13.5 Å². The zero-order valence-electron chi connectivity index (χ0n) is 11.7. The Bertz CT molecular complexity index is 848. The third-order valence-corrected chi connectivity index (χ3v) is 3.50. The summed E-state index contributed by atoms with van der Waals surface area (Å²) in [6.45, 7) is 3.05. The van der Waals surface area contributed by atoms with E-state index in [9.17, 15) is 4.79 Å². The smallest absolute Gasteiger partial charge is 0.332 e. The monoisotopic (exact) mass is 280 g/mol. The van der Waals surface area contributed by atoms with Crippen LogP contribution in [0.2, 0.25) is 0 Å². The third-order valence-electron chi connectivity index (χ3n) is 3.50. The number of aryl methyl sites for hydroxylation is 1. The molecule has 0 bridgehead atoms. The molecule has 3 N–H and O–H groups in total. The Kier molecular flexibility index (Phi) is 3.31. The van der Waals surface area contributed by atoms with Gasteiger partial charge in [-0.25, -0.2) is 10.2 Å². The topological polar surface area (TPSA) is 72.4 Å². The minimum absolute atomic E-state index is 0.671. The second kappa shape index (κ2) is 5.28. The van der Waals surface area contributed by atoms with Gasteiger partial charge in [0.25, 0.3) is 0 Å². The molecule has 0 spiro atoms. The first-order valence-corrected chi connectivity index (χ1v) is 6.80. The quantitative estimate of drug-likeness (QED) is 0.562. The van der Waals surface area contributed by atoms with Gasteiger partial charge in [-0.2, -0.15) is 5.10 Å². The van der Waals surface area contributed by atoms with Crippen LogP contribution in [-0.4, -0.2) is 16.8 Å². The Hall–Kier alpha value is -2.82. The highest BCUT2D eigenvalue weighted by atomic mass is 16.2. The Labute approximate surface area is 122 Å². The highest BCUT2D eigenvalue weighted by Gasteiger charge is 2.08. The van der Waals surface area contributed by atoms with Gasteiger partial charge in [0.2, 0.25) is 0 Å². The lowest BCUT2D eigenvalue weighted by molar-refractivity contribution is 0.249. The van der Waals surface area contributed by atoms with Crippen LogP contribution in [0.5, 0.6) is 0 Å². The maximum absolute atomic E-state index is 10.6. The molecule has 3 aromatic rings. The number of hydrogen-bond donors (Lipinski definition) is 2. The molecule has 2 amide bonds. The van der Waals surface area contributed by atoms with Crippen LogP contribution < -0.4 is 11.2 Å². The lowest BCUT2D eigenvalue weighted by Gasteiger charge is -2.02. The minimum Gasteiger partial charge on any atom is -0.350 e. The number of para-hydroxylation sites is 1. The predicted octanol–water partition coefficient (Wildman–Crippen LogP) is 2.82. The van der Waals surface area contributed by atoms with Crippen LogP contribution in [0.15, 0.2) is 47.6 Å². The number of nitrogens with one attached hydrogen (secondary N) is 1. The number of nitrogens with two attached hydrogens (primary N) is 1. The van der Waals surface area contributed by atoms with E-state index in [2.05, 4.69) is 46.3 Å². The fourth-order valence-electron chi connectivity index (χ4n) is 2.66. The van der Waals surface area contributed by atoms with Crippen molar-refractivity contribution in [3.8, 4) is 0 Å². The average Bonchev–Trinajstić information content (AvgIpc) is 2.80. The van der Waals surface area contributed by atoms with Crippen LogP contribution in [-0.2, 0) is 6.54 Å². The summed E-state index contributed by atoms with van der Waals surface area (Å²) in [4.78, 5) is 10.6. The first kappa shape index (κ1) is 13.2. The van der Waals surface area contributed by atoms with Crippen molar-refractivity contribution in [2.75, 3.05) is 0 Å². The van der Waals surface area contributed by atoms with Gasteiger partial charge in [0.05, 0.1) is 6.21 Å². The lowest BCUT2D eigenvalue weighted by atomic mass is 10.1. The second-order valence-corrected chi connectivity index (χ2v) is 4.77. The number of carbonyl (C=O) groups excluding carboxylic acids is 1. The Morgan fingerprint density at radius 2 is 2.00 bits per heavy atom. The van der Waals surface area contributed by atoms with Gasteiger partial charge in [0.1, 0.15) is 0 Å². The van der Waals surface area contributed by atoms with Crippen LogP contribution in [0.1, 0.15) is 12.5 Å². The van der Waals surface area contributed by atoms with Crippen LogP contribution in [0.3, 0.4) is 0 Å². The molecule has 0 atom stereocenters. The summed E-state index contributed by atoms with van der Waals surface area (Å²) in [6, 6.07) is 13.8. The van der Waals surface area contributed by atoms with E-state index in [1.165, 1.54) is 21.8 Å². The number of primary amides is 1. The molecule has 0 saturated heterocycles. The summed E-state index contributed by atoms with van der Waals surface area (Å²) < 4.78 is 2.28. The Morgan fingerprint density at radius 1 is 1.24 bits per heavy atom. The molecule has 0 unspecified atom stereocenters. The molecule has 0 radical (unpaired) electrons. The van der Waals surface area contributed by atoms with E-state index in [0.29, 0.717) is 0 Å². The molecule has 5 nitrogen and oxygen atoms in total.